The van der Waals surface area contributed by atoms with Gasteiger partial charge in [-0.05, 0) is 24.7 Å². The molecule has 0 heterocycles. The van der Waals surface area contributed by atoms with Crippen LogP contribution in [0.3, 0.4) is 0 Å². The Bertz CT molecular complexity index is 216. The third-order valence-corrected chi connectivity index (χ3v) is 5.24. The summed E-state index contributed by atoms with van der Waals surface area (Å²) in [4.78, 5) is 10.2. The minimum Gasteiger partial charge on any atom is -0.392 e. The molecule has 0 spiro atoms. The van der Waals surface area contributed by atoms with E-state index in [1.54, 1.807) is 11.4 Å². The number of fused-ring (bicyclic) bond motifs is 1. The van der Waals surface area contributed by atoms with E-state index in [1.807, 2.05) is 0 Å². The number of hydrogen-bond donors (Lipinski definition) is 2. The topological polar surface area (TPSA) is 49.3 Å². The average molecular weight is 219 g/mol. The lowest BCUT2D eigenvalue weighted by atomic mass is 9.71. The van der Waals surface area contributed by atoms with Crippen molar-refractivity contribution in [2.75, 3.05) is 0 Å². The summed E-state index contributed by atoms with van der Waals surface area (Å²) in [5, 5.41) is 13.0. The van der Waals surface area contributed by atoms with E-state index in [-0.39, 0.29) is 6.10 Å². The summed E-state index contributed by atoms with van der Waals surface area (Å²) >= 11 is 1.66. The normalized spacial score (nSPS) is 48.0. The first-order valence-corrected chi connectivity index (χ1v) is 6.87. The molecule has 0 saturated heterocycles. The Kier molecular flexibility index (Phi) is 2.82. The van der Waals surface area contributed by atoms with Gasteiger partial charge in [0.25, 0.3) is 0 Å². The molecular formula is C8H14NO2PS. The third kappa shape index (κ3) is 1.49. The van der Waals surface area contributed by atoms with Gasteiger partial charge in [-0.15, -0.1) is 11.4 Å². The van der Waals surface area contributed by atoms with Gasteiger partial charge in [-0.1, -0.05) is 8.44 Å². The minimum absolute atomic E-state index is 0.169. The summed E-state index contributed by atoms with van der Waals surface area (Å²) < 4.78 is 0. The van der Waals surface area contributed by atoms with Gasteiger partial charge < -0.3 is 10.4 Å². The monoisotopic (exact) mass is 219 g/mol. The van der Waals surface area contributed by atoms with Gasteiger partial charge in [0.05, 0.1) is 6.10 Å². The Morgan fingerprint density at radius 3 is 2.85 bits per heavy atom. The second-order valence-corrected chi connectivity index (χ2v) is 5.55. The summed E-state index contributed by atoms with van der Waals surface area (Å²) in [5.41, 5.74) is 0. The lowest BCUT2D eigenvalue weighted by Gasteiger charge is -2.40. The van der Waals surface area contributed by atoms with E-state index in [4.69, 9.17) is 0 Å². The largest absolute Gasteiger partial charge is 0.392 e. The maximum atomic E-state index is 10.2. The van der Waals surface area contributed by atoms with Crippen molar-refractivity contribution in [2.45, 2.75) is 30.2 Å². The fourth-order valence-electron chi connectivity index (χ4n) is 2.58. The lowest BCUT2D eigenvalue weighted by molar-refractivity contribution is -0.112. The van der Waals surface area contributed by atoms with Crippen molar-refractivity contribution >= 4 is 26.2 Å². The number of carbonyl (C=O) groups excluding carboxylic acids is 1. The van der Waals surface area contributed by atoms with E-state index < -0.39 is 0 Å². The number of aliphatic hydroxyl groups excluding tert-OH is 1. The van der Waals surface area contributed by atoms with E-state index in [0.29, 0.717) is 23.1 Å². The molecule has 2 saturated carbocycles. The fourth-order valence-corrected chi connectivity index (χ4v) is 4.09. The first kappa shape index (κ1) is 9.75. The Balaban J connectivity index is 1.94. The Morgan fingerprint density at radius 2 is 2.23 bits per heavy atom. The van der Waals surface area contributed by atoms with Crippen molar-refractivity contribution in [2.24, 2.45) is 11.8 Å². The van der Waals surface area contributed by atoms with Crippen LogP contribution in [-0.2, 0) is 4.79 Å². The summed E-state index contributed by atoms with van der Waals surface area (Å²) in [6.07, 6.45) is 2.59. The number of nitrogens with one attached hydrogen (secondary N) is 1. The lowest BCUT2D eigenvalue weighted by Crippen LogP contribution is -2.50. The van der Waals surface area contributed by atoms with Gasteiger partial charge in [-0.3, -0.25) is 4.79 Å². The van der Waals surface area contributed by atoms with E-state index in [9.17, 15) is 9.90 Å². The second kappa shape index (κ2) is 3.76. The zero-order valence-electron chi connectivity index (χ0n) is 7.22. The smallest absolute Gasteiger partial charge is 0.207 e. The van der Waals surface area contributed by atoms with Crippen molar-refractivity contribution in [1.29, 1.82) is 0 Å². The molecule has 2 aliphatic rings. The second-order valence-electron chi connectivity index (χ2n) is 3.86. The predicted octanol–water partition coefficient (Wildman–Crippen LogP) is 0.394. The zero-order chi connectivity index (χ0) is 9.42. The third-order valence-electron chi connectivity index (χ3n) is 3.37. The molecular weight excluding hydrogens is 205 g/mol. The molecule has 0 radical (unpaired) electrons. The van der Waals surface area contributed by atoms with E-state index in [2.05, 4.69) is 13.8 Å². The molecule has 2 fully saturated rings. The van der Waals surface area contributed by atoms with Gasteiger partial charge in [0.15, 0.2) is 0 Å². The van der Waals surface area contributed by atoms with Crippen LogP contribution in [0, 0.1) is 11.8 Å². The van der Waals surface area contributed by atoms with Crippen LogP contribution >= 0.6 is 19.8 Å². The Hall–Kier alpha value is 0.210. The summed E-state index contributed by atoms with van der Waals surface area (Å²) in [6, 6.07) is 0.319. The summed E-state index contributed by atoms with van der Waals surface area (Å²) in [5.74, 6) is 0.939. The number of amides is 1. The van der Waals surface area contributed by atoms with Crippen molar-refractivity contribution < 1.29 is 9.90 Å². The van der Waals surface area contributed by atoms with Gasteiger partial charge in [0.2, 0.25) is 6.41 Å². The number of hydrogen-bond acceptors (Lipinski definition) is 3. The van der Waals surface area contributed by atoms with E-state index in [1.165, 1.54) is 0 Å². The highest BCUT2D eigenvalue weighted by Gasteiger charge is 2.52. The molecule has 0 aromatic carbocycles. The number of rotatable bonds is 3. The molecule has 3 nitrogen and oxygen atoms in total. The highest BCUT2D eigenvalue weighted by Crippen LogP contribution is 2.51. The predicted molar refractivity (Wildman–Crippen MR) is 56.3 cm³/mol. The molecule has 1 unspecified atom stereocenters. The van der Waals surface area contributed by atoms with Gasteiger partial charge in [0, 0.05) is 11.3 Å². The maximum Gasteiger partial charge on any atom is 0.207 e. The van der Waals surface area contributed by atoms with Crippen molar-refractivity contribution in [3.8, 4) is 0 Å². The molecule has 74 valence electrons. The molecule has 2 aliphatic carbocycles. The molecule has 5 heteroatoms. The molecule has 2 N–H and O–H groups in total. The van der Waals surface area contributed by atoms with Crippen LogP contribution < -0.4 is 5.32 Å². The zero-order valence-corrected chi connectivity index (χ0v) is 9.19. The first-order valence-electron chi connectivity index (χ1n) is 4.51. The molecule has 0 aliphatic heterocycles. The molecule has 2 rings (SSSR count). The maximum absolute atomic E-state index is 10.2. The van der Waals surface area contributed by atoms with Crippen LogP contribution in [0.4, 0.5) is 0 Å². The van der Waals surface area contributed by atoms with Crippen LogP contribution in [0.1, 0.15) is 12.8 Å². The van der Waals surface area contributed by atoms with Crippen LogP contribution in [0.2, 0.25) is 0 Å². The van der Waals surface area contributed by atoms with Gasteiger partial charge in [-0.2, -0.15) is 0 Å². The quantitative estimate of drug-likeness (QED) is 0.533. The number of aliphatic hydroxyl groups is 1. The Labute approximate surface area is 84.0 Å². The van der Waals surface area contributed by atoms with E-state index >= 15 is 0 Å². The van der Waals surface area contributed by atoms with Crippen LogP contribution in [0.5, 0.6) is 0 Å². The molecule has 13 heavy (non-hydrogen) atoms. The summed E-state index contributed by atoms with van der Waals surface area (Å²) in [7, 11) is 2.61. The molecule has 6 atom stereocenters. The van der Waals surface area contributed by atoms with Gasteiger partial charge >= 0.3 is 0 Å². The standard InChI is InChI=1S/C8H14NO2PS/c10-3-9-6-1-5-4(6)2-7(13-12)8(5)11/h3-8,11H,1-2,12H2,(H,9,10)/t4-,5-,6+,7+,8+/m1/s1. The van der Waals surface area contributed by atoms with Crippen LogP contribution in [-0.4, -0.2) is 28.9 Å². The minimum atomic E-state index is -0.169. The highest BCUT2D eigenvalue weighted by molar-refractivity contribution is 8.44. The highest BCUT2D eigenvalue weighted by atomic mass is 32.7. The number of carbonyl (C=O) groups is 1. The van der Waals surface area contributed by atoms with E-state index in [0.717, 1.165) is 19.3 Å². The van der Waals surface area contributed by atoms with Gasteiger partial charge in [-0.25, -0.2) is 0 Å². The first-order chi connectivity index (χ1) is 6.27. The average Bonchev–Trinajstić information content (AvgIpc) is 2.35. The fraction of sp³-hybridized carbons (Fsp3) is 0.875. The van der Waals surface area contributed by atoms with Crippen molar-refractivity contribution in [3.63, 3.8) is 0 Å². The molecule has 0 aromatic heterocycles. The Morgan fingerprint density at radius 1 is 1.46 bits per heavy atom. The van der Waals surface area contributed by atoms with Gasteiger partial charge in [0.1, 0.15) is 0 Å². The summed E-state index contributed by atoms with van der Waals surface area (Å²) in [6.45, 7) is 0. The van der Waals surface area contributed by atoms with Crippen LogP contribution in [0.15, 0.2) is 0 Å². The SMILES string of the molecule is O=CN[C@H]1C[C@H]2[C@H](O)[C@@H](SP)C[C@H]21. The van der Waals surface area contributed by atoms with Crippen molar-refractivity contribution in [3.05, 3.63) is 0 Å². The molecule has 1 amide bonds. The molecule has 0 bridgehead atoms. The van der Waals surface area contributed by atoms with Crippen LogP contribution in [0.25, 0.3) is 0 Å². The molecule has 0 aromatic rings. The van der Waals surface area contributed by atoms with Crippen molar-refractivity contribution in [1.82, 2.24) is 5.32 Å².